The average Bonchev–Trinajstić information content (AvgIpc) is 2.65. The van der Waals surface area contributed by atoms with Crippen molar-refractivity contribution in [3.8, 4) is 0 Å². The van der Waals surface area contributed by atoms with Crippen molar-refractivity contribution in [2.45, 2.75) is 0 Å². The summed E-state index contributed by atoms with van der Waals surface area (Å²) in [5.74, 6) is 0.0593. The van der Waals surface area contributed by atoms with Crippen LogP contribution in [0.3, 0.4) is 0 Å². The number of amides is 1. The van der Waals surface area contributed by atoms with E-state index in [0.29, 0.717) is 36.9 Å². The molecular formula is C19H23ClN2O3. The van der Waals surface area contributed by atoms with Gasteiger partial charge in [-0.05, 0) is 17.5 Å². The molecular weight excluding hydrogens is 340 g/mol. The highest BCUT2D eigenvalue weighted by Crippen LogP contribution is 2.27. The summed E-state index contributed by atoms with van der Waals surface area (Å²) >= 11 is 6.25. The molecule has 0 spiro atoms. The maximum atomic E-state index is 12.9. The highest BCUT2D eigenvalue weighted by atomic mass is 35.5. The normalized spacial score (nSPS) is 15.7. The number of rotatable bonds is 6. The highest BCUT2D eigenvalue weighted by molar-refractivity contribution is 6.36. The number of nitrogens with zero attached hydrogens (tertiary/aromatic N) is 2. The van der Waals surface area contributed by atoms with Crippen LogP contribution in [0.2, 0.25) is 5.02 Å². The lowest BCUT2D eigenvalue weighted by molar-refractivity contribution is 0.0487. The molecule has 1 saturated heterocycles. The van der Waals surface area contributed by atoms with Crippen LogP contribution in [0.1, 0.15) is 10.4 Å². The average molecular weight is 363 g/mol. The number of hydrogen-bond donors (Lipinski definition) is 1. The summed E-state index contributed by atoms with van der Waals surface area (Å²) in [6.45, 7) is 4.94. The first-order valence-electron chi connectivity index (χ1n) is 8.58. The standard InChI is InChI=1S/C19H23ClN2O3/c20-18-6-2-3-15-16(18)4-1-5-17(15)19(24)22-9-7-21(8-10-22)11-13-25-14-12-23/h1-6,23H,7-14H2. The molecule has 0 aromatic heterocycles. The van der Waals surface area contributed by atoms with Crippen LogP contribution in [-0.2, 0) is 4.74 Å². The molecule has 1 amide bonds. The molecule has 2 aromatic carbocycles. The SMILES string of the molecule is O=C(c1cccc2c(Cl)cccc12)N1CCN(CCOCCO)CC1. The van der Waals surface area contributed by atoms with Crippen molar-refractivity contribution in [2.75, 3.05) is 52.5 Å². The maximum Gasteiger partial charge on any atom is 0.254 e. The molecule has 0 bridgehead atoms. The topological polar surface area (TPSA) is 53.0 Å². The molecule has 0 atom stereocenters. The quantitative estimate of drug-likeness (QED) is 0.801. The van der Waals surface area contributed by atoms with E-state index in [0.717, 1.165) is 30.4 Å². The molecule has 1 aliphatic rings. The number of hydrogen-bond acceptors (Lipinski definition) is 4. The number of aliphatic hydroxyl groups is 1. The minimum atomic E-state index is 0.0529. The van der Waals surface area contributed by atoms with Crippen molar-refractivity contribution < 1.29 is 14.6 Å². The van der Waals surface area contributed by atoms with Gasteiger partial charge in [0, 0.05) is 48.7 Å². The van der Waals surface area contributed by atoms with Crippen LogP contribution in [0.4, 0.5) is 0 Å². The summed E-state index contributed by atoms with van der Waals surface area (Å²) in [5.41, 5.74) is 0.708. The van der Waals surface area contributed by atoms with Gasteiger partial charge in [0.25, 0.3) is 5.91 Å². The van der Waals surface area contributed by atoms with Crippen LogP contribution in [-0.4, -0.2) is 73.4 Å². The van der Waals surface area contributed by atoms with Crippen molar-refractivity contribution in [1.29, 1.82) is 0 Å². The first-order valence-corrected chi connectivity index (χ1v) is 8.96. The molecule has 1 fully saturated rings. The number of fused-ring (bicyclic) bond motifs is 1. The Morgan fingerprint density at radius 2 is 1.76 bits per heavy atom. The van der Waals surface area contributed by atoms with E-state index in [4.69, 9.17) is 21.4 Å². The number of ether oxygens (including phenoxy) is 1. The fraction of sp³-hybridized carbons (Fsp3) is 0.421. The van der Waals surface area contributed by atoms with Crippen molar-refractivity contribution in [2.24, 2.45) is 0 Å². The summed E-state index contributed by atoms with van der Waals surface area (Å²) in [4.78, 5) is 17.1. The fourth-order valence-corrected chi connectivity index (χ4v) is 3.40. The molecule has 6 heteroatoms. The lowest BCUT2D eigenvalue weighted by Gasteiger charge is -2.34. The highest BCUT2D eigenvalue weighted by Gasteiger charge is 2.23. The van der Waals surface area contributed by atoms with Crippen molar-refractivity contribution in [1.82, 2.24) is 9.80 Å². The van der Waals surface area contributed by atoms with Gasteiger partial charge in [-0.15, -0.1) is 0 Å². The number of halogens is 1. The zero-order valence-electron chi connectivity index (χ0n) is 14.2. The molecule has 0 saturated carbocycles. The van der Waals surface area contributed by atoms with E-state index < -0.39 is 0 Å². The number of carbonyl (C=O) groups excluding carboxylic acids is 1. The molecule has 1 aliphatic heterocycles. The van der Waals surface area contributed by atoms with Gasteiger partial charge < -0.3 is 14.7 Å². The van der Waals surface area contributed by atoms with Crippen LogP contribution in [0.5, 0.6) is 0 Å². The van der Waals surface area contributed by atoms with Crippen molar-refractivity contribution in [3.63, 3.8) is 0 Å². The van der Waals surface area contributed by atoms with Gasteiger partial charge in [-0.25, -0.2) is 0 Å². The van der Waals surface area contributed by atoms with Crippen LogP contribution < -0.4 is 0 Å². The smallest absolute Gasteiger partial charge is 0.254 e. The van der Waals surface area contributed by atoms with E-state index in [2.05, 4.69) is 4.90 Å². The first-order chi connectivity index (χ1) is 12.2. The Kier molecular flexibility index (Phi) is 6.26. The Morgan fingerprint density at radius 3 is 2.52 bits per heavy atom. The predicted octanol–water partition coefficient (Wildman–Crippen LogP) is 2.26. The molecule has 3 rings (SSSR count). The molecule has 1 heterocycles. The summed E-state index contributed by atoms with van der Waals surface area (Å²) in [5, 5.41) is 11.2. The maximum absolute atomic E-state index is 12.9. The van der Waals surface area contributed by atoms with E-state index >= 15 is 0 Å². The van der Waals surface area contributed by atoms with Gasteiger partial charge in [-0.3, -0.25) is 9.69 Å². The Morgan fingerprint density at radius 1 is 1.04 bits per heavy atom. The summed E-state index contributed by atoms with van der Waals surface area (Å²) in [6.07, 6.45) is 0. The predicted molar refractivity (Wildman–Crippen MR) is 99.2 cm³/mol. The molecule has 25 heavy (non-hydrogen) atoms. The molecule has 0 radical (unpaired) electrons. The van der Waals surface area contributed by atoms with Gasteiger partial charge in [0.2, 0.25) is 0 Å². The second kappa shape index (κ2) is 8.63. The van der Waals surface area contributed by atoms with Gasteiger partial charge in [0.05, 0.1) is 19.8 Å². The van der Waals surface area contributed by atoms with Gasteiger partial charge in [0.15, 0.2) is 0 Å². The van der Waals surface area contributed by atoms with Gasteiger partial charge >= 0.3 is 0 Å². The summed E-state index contributed by atoms with van der Waals surface area (Å²) in [7, 11) is 0. The third kappa shape index (κ3) is 4.30. The van der Waals surface area contributed by atoms with Crippen LogP contribution in [0.15, 0.2) is 36.4 Å². The number of benzene rings is 2. The zero-order valence-corrected chi connectivity index (χ0v) is 14.9. The van der Waals surface area contributed by atoms with E-state index in [-0.39, 0.29) is 12.5 Å². The Bertz CT molecular complexity index is 730. The van der Waals surface area contributed by atoms with E-state index in [1.165, 1.54) is 0 Å². The second-order valence-electron chi connectivity index (χ2n) is 6.11. The van der Waals surface area contributed by atoms with Crippen molar-refractivity contribution in [3.05, 3.63) is 47.0 Å². The summed E-state index contributed by atoms with van der Waals surface area (Å²) in [6, 6.07) is 11.4. The third-order valence-corrected chi connectivity index (χ3v) is 4.88. The molecule has 1 N–H and O–H groups in total. The largest absolute Gasteiger partial charge is 0.394 e. The monoisotopic (exact) mass is 362 g/mol. The summed E-state index contributed by atoms with van der Waals surface area (Å²) < 4.78 is 5.30. The Labute approximate surface area is 152 Å². The molecule has 2 aromatic rings. The lowest BCUT2D eigenvalue weighted by atomic mass is 10.0. The molecule has 5 nitrogen and oxygen atoms in total. The van der Waals surface area contributed by atoms with E-state index in [1.807, 2.05) is 41.3 Å². The third-order valence-electron chi connectivity index (χ3n) is 4.55. The van der Waals surface area contributed by atoms with Crippen molar-refractivity contribution >= 4 is 28.3 Å². The van der Waals surface area contributed by atoms with Crippen LogP contribution in [0, 0.1) is 0 Å². The zero-order chi connectivity index (χ0) is 17.6. The van der Waals surface area contributed by atoms with Gasteiger partial charge in [0.1, 0.15) is 0 Å². The number of carbonyl (C=O) groups is 1. The Balaban J connectivity index is 1.63. The second-order valence-corrected chi connectivity index (χ2v) is 6.52. The molecule has 134 valence electrons. The number of aliphatic hydroxyl groups excluding tert-OH is 1. The van der Waals surface area contributed by atoms with Crippen LogP contribution in [0.25, 0.3) is 10.8 Å². The van der Waals surface area contributed by atoms with Gasteiger partial charge in [-0.2, -0.15) is 0 Å². The Hall–Kier alpha value is -1.66. The first kappa shape index (κ1) is 18.1. The van der Waals surface area contributed by atoms with Crippen LogP contribution >= 0.6 is 11.6 Å². The van der Waals surface area contributed by atoms with E-state index in [1.54, 1.807) is 0 Å². The molecule has 0 unspecified atom stereocenters. The minimum Gasteiger partial charge on any atom is -0.394 e. The molecule has 0 aliphatic carbocycles. The van der Waals surface area contributed by atoms with E-state index in [9.17, 15) is 4.79 Å². The lowest BCUT2D eigenvalue weighted by Crippen LogP contribution is -2.49. The minimum absolute atomic E-state index is 0.0529. The van der Waals surface area contributed by atoms with Gasteiger partial charge in [-0.1, -0.05) is 35.9 Å². The number of piperazine rings is 1. The fourth-order valence-electron chi connectivity index (χ4n) is 3.16.